The van der Waals surface area contributed by atoms with Crippen molar-refractivity contribution < 1.29 is 0 Å². The number of nitrogen functional groups attached to an aromatic ring is 1. The van der Waals surface area contributed by atoms with Crippen LogP contribution in [0.5, 0.6) is 0 Å². The van der Waals surface area contributed by atoms with Gasteiger partial charge in [0, 0.05) is 11.3 Å². The third-order valence-corrected chi connectivity index (χ3v) is 2.64. The molecule has 0 saturated heterocycles. The predicted octanol–water partition coefficient (Wildman–Crippen LogP) is 3.08. The van der Waals surface area contributed by atoms with Crippen LogP contribution in [0.4, 0.5) is 5.69 Å². The van der Waals surface area contributed by atoms with E-state index in [0.29, 0.717) is 0 Å². The van der Waals surface area contributed by atoms with Crippen molar-refractivity contribution in [3.63, 3.8) is 0 Å². The fraction of sp³-hybridized carbons (Fsp3) is 0.333. The van der Waals surface area contributed by atoms with Gasteiger partial charge in [-0.25, -0.2) is 0 Å². The van der Waals surface area contributed by atoms with Gasteiger partial charge in [0.25, 0.3) is 0 Å². The van der Waals surface area contributed by atoms with E-state index in [-0.39, 0.29) is 0 Å². The van der Waals surface area contributed by atoms with E-state index in [4.69, 9.17) is 5.73 Å². The predicted molar refractivity (Wildman–Crippen MR) is 57.2 cm³/mol. The number of allylic oxidation sites excluding steroid dienone is 2. The maximum atomic E-state index is 5.90. The van der Waals surface area contributed by atoms with Crippen LogP contribution < -0.4 is 5.73 Å². The molecule has 13 heavy (non-hydrogen) atoms. The number of para-hydroxylation sites is 1. The van der Waals surface area contributed by atoms with Gasteiger partial charge in [0.15, 0.2) is 0 Å². The molecule has 68 valence electrons. The van der Waals surface area contributed by atoms with Gasteiger partial charge in [0.2, 0.25) is 0 Å². The minimum atomic E-state index is 0.787. The molecule has 1 atom stereocenters. The van der Waals surface area contributed by atoms with E-state index < -0.39 is 0 Å². The zero-order chi connectivity index (χ0) is 9.26. The first-order chi connectivity index (χ1) is 6.27. The smallest absolute Gasteiger partial charge is 0.0390 e. The van der Waals surface area contributed by atoms with E-state index in [1.54, 1.807) is 0 Å². The molecule has 1 unspecified atom stereocenters. The van der Waals surface area contributed by atoms with Crippen LogP contribution in [0.25, 0.3) is 5.57 Å². The molecule has 0 radical (unpaired) electrons. The Labute approximate surface area is 79.3 Å². The molecule has 0 heterocycles. The van der Waals surface area contributed by atoms with E-state index in [1.807, 2.05) is 12.1 Å². The van der Waals surface area contributed by atoms with E-state index in [1.165, 1.54) is 24.0 Å². The van der Waals surface area contributed by atoms with Crippen LogP contribution in [-0.2, 0) is 0 Å². The molecule has 1 heteroatoms. The third kappa shape index (κ3) is 1.59. The van der Waals surface area contributed by atoms with Gasteiger partial charge in [-0.05, 0) is 30.4 Å². The number of nitrogens with two attached hydrogens (primary N) is 1. The summed E-state index contributed by atoms with van der Waals surface area (Å²) >= 11 is 0. The lowest BCUT2D eigenvalue weighted by Crippen LogP contribution is -1.93. The highest BCUT2D eigenvalue weighted by Gasteiger charge is 2.14. The Morgan fingerprint density at radius 1 is 1.31 bits per heavy atom. The summed E-state index contributed by atoms with van der Waals surface area (Å²) in [5.74, 6) is 0.787. The minimum Gasteiger partial charge on any atom is -0.398 e. The van der Waals surface area contributed by atoms with Crippen LogP contribution in [0.2, 0.25) is 0 Å². The Balaban J connectivity index is 2.31. The van der Waals surface area contributed by atoms with Crippen molar-refractivity contribution >= 4 is 11.3 Å². The van der Waals surface area contributed by atoms with Gasteiger partial charge in [-0.1, -0.05) is 31.2 Å². The number of hydrogen-bond donors (Lipinski definition) is 1. The van der Waals surface area contributed by atoms with Crippen molar-refractivity contribution in [1.29, 1.82) is 0 Å². The van der Waals surface area contributed by atoms with Crippen LogP contribution in [0, 0.1) is 5.92 Å². The van der Waals surface area contributed by atoms with E-state index in [9.17, 15) is 0 Å². The molecule has 1 aliphatic carbocycles. The first-order valence-corrected chi connectivity index (χ1v) is 4.81. The third-order valence-electron chi connectivity index (χ3n) is 2.64. The van der Waals surface area contributed by atoms with E-state index >= 15 is 0 Å². The van der Waals surface area contributed by atoms with Gasteiger partial charge in [-0.3, -0.25) is 0 Å². The monoisotopic (exact) mass is 173 g/mol. The van der Waals surface area contributed by atoms with Crippen molar-refractivity contribution in [2.75, 3.05) is 5.73 Å². The summed E-state index contributed by atoms with van der Waals surface area (Å²) in [5.41, 5.74) is 9.46. The molecular weight excluding hydrogens is 158 g/mol. The number of anilines is 1. The van der Waals surface area contributed by atoms with Gasteiger partial charge < -0.3 is 5.73 Å². The Morgan fingerprint density at radius 2 is 2.08 bits per heavy atom. The molecule has 0 saturated carbocycles. The van der Waals surface area contributed by atoms with Gasteiger partial charge in [0.1, 0.15) is 0 Å². The lowest BCUT2D eigenvalue weighted by atomic mass is 10.0. The Hall–Kier alpha value is -1.24. The minimum absolute atomic E-state index is 0.787. The summed E-state index contributed by atoms with van der Waals surface area (Å²) in [4.78, 5) is 0. The zero-order valence-corrected chi connectivity index (χ0v) is 7.96. The highest BCUT2D eigenvalue weighted by molar-refractivity contribution is 5.76. The highest BCUT2D eigenvalue weighted by atomic mass is 14.6. The second-order valence-electron chi connectivity index (χ2n) is 3.86. The average molecular weight is 173 g/mol. The molecule has 0 aliphatic heterocycles. The van der Waals surface area contributed by atoms with Crippen LogP contribution in [0.15, 0.2) is 30.3 Å². The van der Waals surface area contributed by atoms with Gasteiger partial charge in [-0.2, -0.15) is 0 Å². The Bertz CT molecular complexity index is 339. The van der Waals surface area contributed by atoms with Crippen molar-refractivity contribution in [2.24, 2.45) is 5.92 Å². The summed E-state index contributed by atoms with van der Waals surface area (Å²) in [6.07, 6.45) is 4.69. The molecular formula is C12H15N. The van der Waals surface area contributed by atoms with E-state index in [2.05, 4.69) is 25.1 Å². The van der Waals surface area contributed by atoms with Crippen molar-refractivity contribution in [1.82, 2.24) is 0 Å². The average Bonchev–Trinajstić information content (AvgIpc) is 2.53. The Morgan fingerprint density at radius 3 is 2.69 bits per heavy atom. The van der Waals surface area contributed by atoms with Crippen LogP contribution >= 0.6 is 0 Å². The summed E-state index contributed by atoms with van der Waals surface area (Å²) in [6, 6.07) is 8.12. The summed E-state index contributed by atoms with van der Waals surface area (Å²) < 4.78 is 0. The molecule has 2 rings (SSSR count). The van der Waals surface area contributed by atoms with E-state index in [0.717, 1.165) is 11.6 Å². The molecule has 2 N–H and O–H groups in total. The normalized spacial score (nSPS) is 21.6. The number of rotatable bonds is 1. The maximum Gasteiger partial charge on any atom is 0.0390 e. The fourth-order valence-corrected chi connectivity index (χ4v) is 1.89. The summed E-state index contributed by atoms with van der Waals surface area (Å²) in [7, 11) is 0. The summed E-state index contributed by atoms with van der Waals surface area (Å²) in [6.45, 7) is 2.28. The standard InChI is InChI=1S/C12H15N/c1-9-6-7-10(8-9)11-4-2-3-5-12(11)13/h2-5,7,9H,6,8,13H2,1H3. The van der Waals surface area contributed by atoms with Crippen LogP contribution in [-0.4, -0.2) is 0 Å². The molecule has 0 aromatic heterocycles. The van der Waals surface area contributed by atoms with Crippen LogP contribution in [0.3, 0.4) is 0 Å². The van der Waals surface area contributed by atoms with Crippen molar-refractivity contribution in [3.05, 3.63) is 35.9 Å². The number of hydrogen-bond acceptors (Lipinski definition) is 1. The summed E-state index contributed by atoms with van der Waals surface area (Å²) in [5, 5.41) is 0. The maximum absolute atomic E-state index is 5.90. The van der Waals surface area contributed by atoms with Gasteiger partial charge in [0.05, 0.1) is 0 Å². The lowest BCUT2D eigenvalue weighted by Gasteiger charge is -2.06. The molecule has 0 bridgehead atoms. The molecule has 0 spiro atoms. The van der Waals surface area contributed by atoms with Crippen molar-refractivity contribution in [3.8, 4) is 0 Å². The van der Waals surface area contributed by atoms with Crippen LogP contribution in [0.1, 0.15) is 25.3 Å². The second kappa shape index (κ2) is 3.25. The number of benzene rings is 1. The molecule has 1 aliphatic rings. The molecule has 1 aromatic carbocycles. The largest absolute Gasteiger partial charge is 0.398 e. The highest BCUT2D eigenvalue weighted by Crippen LogP contribution is 2.34. The topological polar surface area (TPSA) is 26.0 Å². The molecule has 1 nitrogen and oxygen atoms in total. The molecule has 0 fully saturated rings. The van der Waals surface area contributed by atoms with Crippen molar-refractivity contribution in [2.45, 2.75) is 19.8 Å². The first kappa shape index (κ1) is 8.36. The molecule has 0 amide bonds. The van der Waals surface area contributed by atoms with Gasteiger partial charge >= 0.3 is 0 Å². The fourth-order valence-electron chi connectivity index (χ4n) is 1.89. The second-order valence-corrected chi connectivity index (χ2v) is 3.86. The quantitative estimate of drug-likeness (QED) is 0.649. The zero-order valence-electron chi connectivity index (χ0n) is 7.96. The van der Waals surface area contributed by atoms with Gasteiger partial charge in [-0.15, -0.1) is 0 Å². The first-order valence-electron chi connectivity index (χ1n) is 4.81. The lowest BCUT2D eigenvalue weighted by molar-refractivity contribution is 0.642. The SMILES string of the molecule is CC1CC=C(c2ccccc2N)C1. The Kier molecular flexibility index (Phi) is 2.09. The molecule has 1 aromatic rings.